The van der Waals surface area contributed by atoms with Crippen molar-refractivity contribution in [2.75, 3.05) is 0 Å². The minimum Gasteiger partial charge on any atom is -0.288 e. The summed E-state index contributed by atoms with van der Waals surface area (Å²) in [6.07, 6.45) is 37.2. The average molecular weight is 522 g/mol. The second kappa shape index (κ2) is 11.4. The number of nitrogens with zero attached hydrogens (tertiary/aromatic N) is 1. The van der Waals surface area contributed by atoms with Crippen LogP contribution < -0.4 is 0 Å². The molecule has 0 radical (unpaired) electrons. The lowest BCUT2D eigenvalue weighted by molar-refractivity contribution is 0.0585. The van der Waals surface area contributed by atoms with Gasteiger partial charge in [-0.15, -0.1) is 11.6 Å². The topological polar surface area (TPSA) is 3.24 Å². The maximum absolute atomic E-state index is 6.36. The van der Waals surface area contributed by atoms with Gasteiger partial charge in [-0.05, 0) is 107 Å². The summed E-state index contributed by atoms with van der Waals surface area (Å²) in [5.74, 6) is 3.01. The van der Waals surface area contributed by atoms with Crippen LogP contribution in [-0.4, -0.2) is 28.4 Å². The molecule has 0 aromatic carbocycles. The summed E-state index contributed by atoms with van der Waals surface area (Å²) >= 11 is 6.36. The van der Waals surface area contributed by atoms with Gasteiger partial charge in [-0.2, -0.15) is 0 Å². The summed E-state index contributed by atoms with van der Waals surface area (Å²) in [7, 11) is 0. The van der Waals surface area contributed by atoms with Crippen LogP contribution in [0.2, 0.25) is 0 Å². The zero-order chi connectivity index (χ0) is 25.4. The van der Waals surface area contributed by atoms with Crippen LogP contribution in [-0.2, 0) is 0 Å². The Morgan fingerprint density at radius 1 is 0.811 bits per heavy atom. The van der Waals surface area contributed by atoms with E-state index in [0.717, 1.165) is 23.8 Å². The zero-order valence-corrected chi connectivity index (χ0v) is 24.5. The Labute approximate surface area is 232 Å². The van der Waals surface area contributed by atoms with Crippen molar-refractivity contribution in [2.45, 2.75) is 140 Å². The molecule has 2 fully saturated rings. The molecule has 1 nitrogen and oxygen atoms in total. The van der Waals surface area contributed by atoms with E-state index >= 15 is 0 Å². The fourth-order valence-corrected chi connectivity index (χ4v) is 9.66. The normalized spacial score (nSPS) is 40.4. The van der Waals surface area contributed by atoms with Crippen molar-refractivity contribution < 1.29 is 0 Å². The fourth-order valence-electron chi connectivity index (χ4n) is 9.41. The van der Waals surface area contributed by atoms with E-state index in [1.54, 1.807) is 0 Å². The summed E-state index contributed by atoms with van der Waals surface area (Å²) in [4.78, 5) is 3.02. The van der Waals surface area contributed by atoms with E-state index in [0.29, 0.717) is 28.8 Å². The number of rotatable bonds is 5. The van der Waals surface area contributed by atoms with Gasteiger partial charge in [0.2, 0.25) is 0 Å². The number of halogens is 1. The Balaban J connectivity index is 1.17. The van der Waals surface area contributed by atoms with Gasteiger partial charge in [0.15, 0.2) is 0 Å². The molecule has 6 rings (SSSR count). The van der Waals surface area contributed by atoms with Gasteiger partial charge in [-0.3, -0.25) is 4.90 Å². The molecule has 204 valence electrons. The van der Waals surface area contributed by atoms with Crippen LogP contribution in [0.3, 0.4) is 0 Å². The van der Waals surface area contributed by atoms with E-state index < -0.39 is 0 Å². The first-order valence-electron chi connectivity index (χ1n) is 16.2. The van der Waals surface area contributed by atoms with E-state index in [1.165, 1.54) is 103 Å². The Bertz CT molecular complexity index is 910. The number of allylic oxidation sites excluding steroid dienone is 6. The quantitative estimate of drug-likeness (QED) is 0.257. The van der Waals surface area contributed by atoms with Crippen molar-refractivity contribution in [1.82, 2.24) is 4.90 Å². The Morgan fingerprint density at radius 2 is 1.59 bits per heavy atom. The standard InChI is InChI=1S/C35H52ClN/c1-35(2)33-23-26(14-13-25-15-18-27(36)19-16-25)17-21-31(33)32-22-20-30(24-34(32)35)37(28-9-5-3-6-10-28)29-11-7-4-8-12-29/h5,9,13-14,20,22,25-30,32,34H,3-4,6-8,10-12,15-19,21,23-24H2,1-2H3/b14-13+. The third-order valence-electron chi connectivity index (χ3n) is 11.6. The minimum absolute atomic E-state index is 0.340. The first kappa shape index (κ1) is 26.4. The van der Waals surface area contributed by atoms with Gasteiger partial charge < -0.3 is 0 Å². The molecule has 0 saturated heterocycles. The molecule has 0 bridgehead atoms. The Morgan fingerprint density at radius 3 is 2.35 bits per heavy atom. The average Bonchev–Trinajstić information content (AvgIpc) is 3.15. The van der Waals surface area contributed by atoms with Gasteiger partial charge in [0.1, 0.15) is 0 Å². The van der Waals surface area contributed by atoms with Crippen molar-refractivity contribution in [3.05, 3.63) is 47.6 Å². The molecular weight excluding hydrogens is 470 g/mol. The van der Waals surface area contributed by atoms with Crippen molar-refractivity contribution in [1.29, 1.82) is 0 Å². The van der Waals surface area contributed by atoms with E-state index in [9.17, 15) is 0 Å². The number of hydrogen-bond acceptors (Lipinski definition) is 1. The smallest absolute Gasteiger partial charge is 0.0336 e. The lowest BCUT2D eigenvalue weighted by atomic mass is 9.68. The summed E-state index contributed by atoms with van der Waals surface area (Å²) in [6, 6.07) is 2.09. The van der Waals surface area contributed by atoms with Crippen LogP contribution in [0.15, 0.2) is 47.6 Å². The molecular formula is C35H52ClN. The van der Waals surface area contributed by atoms with Crippen LogP contribution in [0.5, 0.6) is 0 Å². The largest absolute Gasteiger partial charge is 0.288 e. The highest BCUT2D eigenvalue weighted by Gasteiger charge is 2.50. The van der Waals surface area contributed by atoms with Crippen molar-refractivity contribution in [3.63, 3.8) is 0 Å². The molecule has 2 saturated carbocycles. The van der Waals surface area contributed by atoms with Gasteiger partial charge in [0, 0.05) is 29.4 Å². The number of fused-ring (bicyclic) bond motifs is 2. The number of hydrogen-bond donors (Lipinski definition) is 0. The molecule has 0 aromatic rings. The predicted molar refractivity (Wildman–Crippen MR) is 159 cm³/mol. The molecule has 6 aliphatic rings. The SMILES string of the molecule is CC1(C)C2=C(CCC(/C=C/C3CCC(Cl)CC3)C2)C2C=CC(N(C3C=CCCC3)C3CCCCC3)CC21. The number of alkyl halides is 1. The van der Waals surface area contributed by atoms with Gasteiger partial charge in [-0.25, -0.2) is 0 Å². The maximum Gasteiger partial charge on any atom is 0.0336 e. The highest BCUT2D eigenvalue weighted by Crippen LogP contribution is 2.59. The van der Waals surface area contributed by atoms with Crippen molar-refractivity contribution >= 4 is 11.6 Å². The van der Waals surface area contributed by atoms with E-state index in [-0.39, 0.29) is 0 Å². The van der Waals surface area contributed by atoms with E-state index in [1.807, 2.05) is 11.1 Å². The third-order valence-corrected chi connectivity index (χ3v) is 12.0. The first-order chi connectivity index (χ1) is 18.0. The van der Waals surface area contributed by atoms with Crippen LogP contribution in [0, 0.1) is 29.1 Å². The molecule has 0 N–H and O–H groups in total. The van der Waals surface area contributed by atoms with E-state index in [2.05, 4.69) is 55.2 Å². The Kier molecular flexibility index (Phi) is 8.12. The second-order valence-corrected chi connectivity index (χ2v) is 14.7. The fraction of sp³-hybridized carbons (Fsp3) is 0.771. The van der Waals surface area contributed by atoms with Crippen LogP contribution >= 0.6 is 11.6 Å². The molecule has 2 heteroatoms. The third kappa shape index (κ3) is 5.48. The molecule has 0 heterocycles. The molecule has 0 aromatic heterocycles. The van der Waals surface area contributed by atoms with Crippen molar-refractivity contribution in [3.8, 4) is 0 Å². The van der Waals surface area contributed by atoms with Gasteiger partial charge in [0.05, 0.1) is 0 Å². The van der Waals surface area contributed by atoms with Gasteiger partial charge >= 0.3 is 0 Å². The van der Waals surface area contributed by atoms with Crippen LogP contribution in [0.1, 0.15) is 117 Å². The summed E-state index contributed by atoms with van der Waals surface area (Å²) in [6.45, 7) is 5.23. The second-order valence-electron chi connectivity index (χ2n) is 14.1. The lowest BCUT2D eigenvalue weighted by Crippen LogP contribution is -2.51. The van der Waals surface area contributed by atoms with Crippen molar-refractivity contribution in [2.24, 2.45) is 29.1 Å². The lowest BCUT2D eigenvalue weighted by Gasteiger charge is -2.48. The summed E-state index contributed by atoms with van der Waals surface area (Å²) < 4.78 is 0. The predicted octanol–water partition coefficient (Wildman–Crippen LogP) is 9.78. The zero-order valence-electron chi connectivity index (χ0n) is 23.7. The highest BCUT2D eigenvalue weighted by atomic mass is 35.5. The summed E-state index contributed by atoms with van der Waals surface area (Å²) in [5.41, 5.74) is 4.03. The van der Waals surface area contributed by atoms with E-state index in [4.69, 9.17) is 11.6 Å². The first-order valence-corrected chi connectivity index (χ1v) is 16.6. The van der Waals surface area contributed by atoms with Gasteiger partial charge in [0.25, 0.3) is 0 Å². The molecule has 0 aliphatic heterocycles. The molecule has 0 spiro atoms. The molecule has 37 heavy (non-hydrogen) atoms. The van der Waals surface area contributed by atoms with Gasteiger partial charge in [-0.1, -0.05) is 80.7 Å². The molecule has 0 amide bonds. The molecule has 6 aliphatic carbocycles. The molecule has 5 unspecified atom stereocenters. The van der Waals surface area contributed by atoms with Crippen LogP contribution in [0.25, 0.3) is 0 Å². The highest BCUT2D eigenvalue weighted by molar-refractivity contribution is 6.20. The Hall–Kier alpha value is -0.790. The van der Waals surface area contributed by atoms with Crippen LogP contribution in [0.4, 0.5) is 0 Å². The minimum atomic E-state index is 0.340. The monoisotopic (exact) mass is 521 g/mol. The maximum atomic E-state index is 6.36. The summed E-state index contributed by atoms with van der Waals surface area (Å²) in [5, 5.41) is 0.426. The molecule has 5 atom stereocenters.